The molecule has 1 aromatic carbocycles. The van der Waals surface area contributed by atoms with Crippen LogP contribution in [0.2, 0.25) is 0 Å². The molecule has 2 heterocycles. The maximum atomic E-state index is 10.0. The van der Waals surface area contributed by atoms with Crippen LogP contribution in [-0.4, -0.2) is 61.9 Å². The van der Waals surface area contributed by atoms with Crippen LogP contribution in [0, 0.1) is 17.2 Å². The summed E-state index contributed by atoms with van der Waals surface area (Å²) in [4.78, 5) is 6.31. The van der Waals surface area contributed by atoms with Crippen molar-refractivity contribution in [2.75, 3.05) is 52.1 Å². The van der Waals surface area contributed by atoms with Gasteiger partial charge in [-0.2, -0.15) is 16.6 Å². The third-order valence-corrected chi connectivity index (χ3v) is 7.89. The van der Waals surface area contributed by atoms with E-state index in [2.05, 4.69) is 77.1 Å². The fraction of sp³-hybridized carbons (Fsp3) is 0.560. The maximum absolute atomic E-state index is 10.0. The lowest BCUT2D eigenvalue weighted by molar-refractivity contribution is 0.114. The summed E-state index contributed by atoms with van der Waals surface area (Å²) in [6, 6.07) is 13.1. The second kappa shape index (κ2) is 11.9. The molecule has 1 fully saturated rings. The first kappa shape index (κ1) is 24.1. The molecule has 4 nitrogen and oxygen atoms in total. The van der Waals surface area contributed by atoms with Gasteiger partial charge in [-0.25, -0.2) is 0 Å². The van der Waals surface area contributed by atoms with Gasteiger partial charge in [0.25, 0.3) is 0 Å². The Morgan fingerprint density at radius 3 is 2.32 bits per heavy atom. The topological polar surface area (TPSA) is 39.5 Å². The normalized spacial score (nSPS) is 17.4. The Bertz CT molecular complexity index is 808. The van der Waals surface area contributed by atoms with E-state index in [4.69, 9.17) is 4.74 Å². The molecular formula is C25H35N3OS2. The van der Waals surface area contributed by atoms with Gasteiger partial charge in [-0.1, -0.05) is 13.8 Å². The molecule has 31 heavy (non-hydrogen) atoms. The zero-order valence-corrected chi connectivity index (χ0v) is 20.7. The van der Waals surface area contributed by atoms with Gasteiger partial charge >= 0.3 is 0 Å². The highest BCUT2D eigenvalue weighted by Gasteiger charge is 2.36. The first-order chi connectivity index (χ1) is 15.1. The minimum atomic E-state index is -0.354. The van der Waals surface area contributed by atoms with E-state index in [-0.39, 0.29) is 5.41 Å². The standard InChI is InChI=1S/C25H35N3OS2/c1-21(2)25(20-26,22-9-18-31-19-22)10-4-11-27-12-14-28(15-13-27)16-17-29-23-5-7-24(30-3)8-6-23/h5-9,18-19,21H,4,10-17H2,1-3H3. The summed E-state index contributed by atoms with van der Waals surface area (Å²) in [6.45, 7) is 11.5. The highest BCUT2D eigenvalue weighted by molar-refractivity contribution is 7.98. The SMILES string of the molecule is CSc1ccc(OCCN2CCN(CCCC(C#N)(c3ccsc3)C(C)C)CC2)cc1. The molecule has 168 valence electrons. The van der Waals surface area contributed by atoms with Crippen molar-refractivity contribution in [1.82, 2.24) is 9.80 Å². The maximum Gasteiger partial charge on any atom is 0.119 e. The van der Waals surface area contributed by atoms with Gasteiger partial charge in [-0.15, -0.1) is 11.8 Å². The molecule has 1 aliphatic heterocycles. The molecule has 1 unspecified atom stereocenters. The lowest BCUT2D eigenvalue weighted by Crippen LogP contribution is -2.47. The molecule has 3 rings (SSSR count). The predicted octanol–water partition coefficient (Wildman–Crippen LogP) is 5.36. The molecule has 2 aromatic rings. The second-order valence-corrected chi connectivity index (χ2v) is 10.2. The zero-order valence-electron chi connectivity index (χ0n) is 19.0. The van der Waals surface area contributed by atoms with Crippen LogP contribution < -0.4 is 4.74 Å². The smallest absolute Gasteiger partial charge is 0.119 e. The molecule has 0 aliphatic carbocycles. The number of hydrogen-bond donors (Lipinski definition) is 0. The molecule has 0 saturated carbocycles. The van der Waals surface area contributed by atoms with E-state index in [9.17, 15) is 5.26 Å². The second-order valence-electron chi connectivity index (χ2n) is 8.56. The number of nitriles is 1. The zero-order chi connectivity index (χ0) is 22.1. The first-order valence-electron chi connectivity index (χ1n) is 11.2. The highest BCUT2D eigenvalue weighted by atomic mass is 32.2. The molecular weight excluding hydrogens is 422 g/mol. The van der Waals surface area contributed by atoms with Gasteiger partial charge in [-0.3, -0.25) is 4.90 Å². The molecule has 1 aromatic heterocycles. The van der Waals surface area contributed by atoms with Crippen LogP contribution >= 0.6 is 23.1 Å². The Labute approximate surface area is 196 Å². The monoisotopic (exact) mass is 457 g/mol. The fourth-order valence-corrected chi connectivity index (χ4v) is 5.46. The van der Waals surface area contributed by atoms with E-state index in [1.807, 2.05) is 0 Å². The van der Waals surface area contributed by atoms with Crippen molar-refractivity contribution < 1.29 is 4.74 Å². The summed E-state index contributed by atoms with van der Waals surface area (Å²) < 4.78 is 5.91. The van der Waals surface area contributed by atoms with Crippen LogP contribution in [0.15, 0.2) is 46.0 Å². The van der Waals surface area contributed by atoms with E-state index >= 15 is 0 Å². The minimum Gasteiger partial charge on any atom is -0.492 e. The summed E-state index contributed by atoms with van der Waals surface area (Å²) in [7, 11) is 0. The van der Waals surface area contributed by atoms with Crippen LogP contribution in [0.4, 0.5) is 0 Å². The van der Waals surface area contributed by atoms with Gasteiger partial charge in [0.2, 0.25) is 0 Å². The van der Waals surface area contributed by atoms with E-state index in [0.717, 1.165) is 64.5 Å². The Morgan fingerprint density at radius 1 is 1.10 bits per heavy atom. The van der Waals surface area contributed by atoms with Crippen LogP contribution in [0.3, 0.4) is 0 Å². The number of piperazine rings is 1. The average Bonchev–Trinajstić information content (AvgIpc) is 3.33. The molecule has 0 spiro atoms. The molecule has 1 atom stereocenters. The molecule has 0 radical (unpaired) electrons. The van der Waals surface area contributed by atoms with E-state index in [1.54, 1.807) is 23.1 Å². The third-order valence-electron chi connectivity index (χ3n) is 6.47. The number of thiophene rings is 1. The first-order valence-corrected chi connectivity index (χ1v) is 13.4. The molecule has 1 aliphatic rings. The van der Waals surface area contributed by atoms with E-state index in [1.165, 1.54) is 10.5 Å². The van der Waals surface area contributed by atoms with Crippen molar-refractivity contribution >= 4 is 23.1 Å². The summed E-state index contributed by atoms with van der Waals surface area (Å²) in [5.74, 6) is 1.27. The van der Waals surface area contributed by atoms with Crippen molar-refractivity contribution in [1.29, 1.82) is 5.26 Å². The van der Waals surface area contributed by atoms with Gasteiger partial charge in [0, 0.05) is 37.6 Å². The fourth-order valence-electron chi connectivity index (χ4n) is 4.32. The van der Waals surface area contributed by atoms with Crippen molar-refractivity contribution in [2.45, 2.75) is 37.0 Å². The van der Waals surface area contributed by atoms with Crippen LogP contribution in [0.5, 0.6) is 5.75 Å². The molecule has 1 saturated heterocycles. The van der Waals surface area contributed by atoms with Gasteiger partial charge < -0.3 is 9.64 Å². The molecule has 0 bridgehead atoms. The van der Waals surface area contributed by atoms with Gasteiger partial charge in [-0.05, 0) is 78.2 Å². The number of ether oxygens (including phenoxy) is 1. The summed E-state index contributed by atoms with van der Waals surface area (Å²) in [6.07, 6.45) is 4.08. The van der Waals surface area contributed by atoms with Crippen molar-refractivity contribution in [2.24, 2.45) is 5.92 Å². The number of thioether (sulfide) groups is 1. The minimum absolute atomic E-state index is 0.320. The molecule has 6 heteroatoms. The van der Waals surface area contributed by atoms with E-state index in [0.29, 0.717) is 5.92 Å². The van der Waals surface area contributed by atoms with Crippen LogP contribution in [0.25, 0.3) is 0 Å². The quantitative estimate of drug-likeness (QED) is 0.425. The van der Waals surface area contributed by atoms with Crippen molar-refractivity contribution in [3.8, 4) is 11.8 Å². The van der Waals surface area contributed by atoms with Crippen molar-refractivity contribution in [3.05, 3.63) is 46.7 Å². The predicted molar refractivity (Wildman–Crippen MR) is 132 cm³/mol. The van der Waals surface area contributed by atoms with Gasteiger partial charge in [0.15, 0.2) is 0 Å². The Balaban J connectivity index is 1.36. The van der Waals surface area contributed by atoms with Gasteiger partial charge in [0.05, 0.1) is 11.5 Å². The summed E-state index contributed by atoms with van der Waals surface area (Å²) in [5.41, 5.74) is 0.843. The molecule has 0 amide bonds. The van der Waals surface area contributed by atoms with Crippen molar-refractivity contribution in [3.63, 3.8) is 0 Å². The lowest BCUT2D eigenvalue weighted by atomic mass is 9.71. The Hall–Kier alpha value is -1.52. The number of hydrogen-bond acceptors (Lipinski definition) is 6. The average molecular weight is 458 g/mol. The summed E-state index contributed by atoms with van der Waals surface area (Å²) in [5, 5.41) is 14.2. The third kappa shape index (κ3) is 6.49. The number of nitrogens with zero attached hydrogens (tertiary/aromatic N) is 3. The van der Waals surface area contributed by atoms with Crippen LogP contribution in [0.1, 0.15) is 32.3 Å². The summed E-state index contributed by atoms with van der Waals surface area (Å²) >= 11 is 3.44. The molecule has 0 N–H and O–H groups in total. The largest absolute Gasteiger partial charge is 0.492 e. The number of rotatable bonds is 11. The Morgan fingerprint density at radius 2 is 1.77 bits per heavy atom. The number of benzene rings is 1. The van der Waals surface area contributed by atoms with Crippen LogP contribution in [-0.2, 0) is 5.41 Å². The Kier molecular flexibility index (Phi) is 9.28. The van der Waals surface area contributed by atoms with Gasteiger partial charge in [0.1, 0.15) is 12.4 Å². The highest BCUT2D eigenvalue weighted by Crippen LogP contribution is 2.37. The van der Waals surface area contributed by atoms with E-state index < -0.39 is 0 Å². The lowest BCUT2D eigenvalue weighted by Gasteiger charge is -2.36.